The largest absolute Gasteiger partial charge is 0.472 e. The van der Waals surface area contributed by atoms with E-state index in [0.717, 1.165) is 186 Å². The first-order chi connectivity index (χ1) is 47.2. The van der Waals surface area contributed by atoms with Crippen molar-refractivity contribution in [2.24, 2.45) is 0 Å². The number of phosphoric ester groups is 2. The molecule has 0 saturated heterocycles. The van der Waals surface area contributed by atoms with Crippen LogP contribution in [0.3, 0.4) is 0 Å². The molecule has 16 nitrogen and oxygen atoms in total. The van der Waals surface area contributed by atoms with Gasteiger partial charge in [0.15, 0.2) is 6.10 Å². The predicted molar refractivity (Wildman–Crippen MR) is 399 cm³/mol. The molecule has 0 spiro atoms. The first-order valence-electron chi connectivity index (χ1n) is 37.1. The Morgan fingerprint density at radius 3 is 0.866 bits per heavy atom. The molecule has 97 heavy (non-hydrogen) atoms. The Bertz CT molecular complexity index is 2350. The molecule has 0 rings (SSSR count). The van der Waals surface area contributed by atoms with E-state index >= 15 is 0 Å². The fourth-order valence-corrected chi connectivity index (χ4v) is 11.0. The van der Waals surface area contributed by atoms with E-state index in [0.29, 0.717) is 19.3 Å². The van der Waals surface area contributed by atoms with Crippen LogP contribution in [0.1, 0.15) is 278 Å². The smallest absolute Gasteiger partial charge is 0.463 e. The summed E-state index contributed by atoms with van der Waals surface area (Å²) in [4.78, 5) is 58.5. The fourth-order valence-electron chi connectivity index (χ4n) is 9.43. The van der Waals surface area contributed by atoms with Crippen LogP contribution >= 0.6 is 15.6 Å². The van der Waals surface area contributed by atoms with Gasteiger partial charge in [0.1, 0.15) is 25.4 Å². The average Bonchev–Trinajstić information content (AvgIpc) is 1.64. The maximum Gasteiger partial charge on any atom is 0.472 e. The average molecular weight is 1400 g/mol. The summed E-state index contributed by atoms with van der Waals surface area (Å²) in [6.45, 7) is 2.33. The minimum Gasteiger partial charge on any atom is -0.463 e. The van der Waals surface area contributed by atoms with E-state index in [1.54, 1.807) is 0 Å². The van der Waals surface area contributed by atoms with Gasteiger partial charge in [-0.3, -0.25) is 32.5 Å². The van der Waals surface area contributed by atoms with E-state index in [9.17, 15) is 43.5 Å². The Balaban J connectivity index is 4.52. The minimum atomic E-state index is -4.94. The highest BCUT2D eigenvalue weighted by Gasteiger charge is 2.29. The summed E-state index contributed by atoms with van der Waals surface area (Å²) in [7, 11) is -9.80. The standard InChI is InChI=1S/C79H132O16P2/c1-4-7-10-13-16-19-22-25-27-29-31-32-33-34-35-36-37-38-39-40-42-44-45-48-50-53-56-59-62-65-77(82)89-68-74(80)69-91-96(85,86)92-70-75(81)71-93-97(87,88)94-73-76(95-79(84)67-64-61-58-55-52-47-24-21-18-15-12-9-6-3)72-90-78(83)66-63-60-57-54-51-49-46-43-41-30-28-26-23-20-17-14-11-8-5-2/h7-8,10-12,15-17,19-21,24-28,31-32,34-35,37-38,41,43,74-76,80-81H,4-6,9,13-14,18,22-23,29-30,33,36,39-40,42,44-73H2,1-3H3,(H,85,86)(H,87,88)/b10-7-,11-8-,15-12-,19-16-,20-17-,24-21-,27-25-,28-26-,32-31-,35-34-,38-37-,43-41-. The van der Waals surface area contributed by atoms with Gasteiger partial charge in [-0.2, -0.15) is 0 Å². The molecule has 0 aliphatic heterocycles. The molecule has 0 bridgehead atoms. The SMILES string of the molecule is CC/C=C\C/C=C\C/C=C\C/C=C\C/C=C\C/C=C\CCCCCCCCCCCCC(=O)OCC(O)COP(=O)(O)OCC(O)COP(=O)(O)OCC(COC(=O)CCCCCCCC/C=C\C/C=C\C/C=C\C/C=C\CC)OC(=O)CCCCCCC/C=C\C/C=C\CCC. The van der Waals surface area contributed by atoms with Gasteiger partial charge in [0, 0.05) is 19.3 Å². The van der Waals surface area contributed by atoms with Gasteiger partial charge in [-0.15, -0.1) is 0 Å². The first-order valence-corrected chi connectivity index (χ1v) is 40.1. The number of ether oxygens (including phenoxy) is 3. The van der Waals surface area contributed by atoms with E-state index < -0.39 is 91.5 Å². The fraction of sp³-hybridized carbons (Fsp3) is 0.658. The van der Waals surface area contributed by atoms with Crippen molar-refractivity contribution >= 4 is 33.6 Å². The number of allylic oxidation sites excluding steroid dienone is 24. The molecular formula is C79H132O16P2. The molecule has 18 heteroatoms. The van der Waals surface area contributed by atoms with Gasteiger partial charge in [-0.1, -0.05) is 269 Å². The van der Waals surface area contributed by atoms with Crippen LogP contribution in [0.15, 0.2) is 146 Å². The molecular weight excluding hydrogens is 1270 g/mol. The molecule has 4 N–H and O–H groups in total. The van der Waals surface area contributed by atoms with Crippen LogP contribution in [0, 0.1) is 0 Å². The zero-order chi connectivity index (χ0) is 70.9. The topological polar surface area (TPSA) is 231 Å². The highest BCUT2D eigenvalue weighted by atomic mass is 31.2. The molecule has 554 valence electrons. The van der Waals surface area contributed by atoms with Crippen LogP contribution in [0.2, 0.25) is 0 Å². The van der Waals surface area contributed by atoms with Crippen LogP contribution in [0.25, 0.3) is 0 Å². The van der Waals surface area contributed by atoms with E-state index in [-0.39, 0.29) is 19.3 Å². The monoisotopic (exact) mass is 1400 g/mol. The van der Waals surface area contributed by atoms with Gasteiger partial charge in [0.25, 0.3) is 0 Å². The van der Waals surface area contributed by atoms with Crippen molar-refractivity contribution < 1.29 is 75.8 Å². The number of phosphoric acid groups is 2. The normalized spacial score (nSPS) is 14.9. The lowest BCUT2D eigenvalue weighted by atomic mass is 10.1. The number of carbonyl (C=O) groups is 3. The van der Waals surface area contributed by atoms with Crippen LogP contribution in [-0.4, -0.2) is 95.9 Å². The molecule has 0 saturated carbocycles. The summed E-state index contributed by atoms with van der Waals surface area (Å²) in [6, 6.07) is 0. The van der Waals surface area contributed by atoms with E-state index in [1.807, 2.05) is 0 Å². The molecule has 5 unspecified atom stereocenters. The molecule has 0 heterocycles. The summed E-state index contributed by atoms with van der Waals surface area (Å²) in [6.07, 6.45) is 86.1. The second kappa shape index (κ2) is 71.3. The molecule has 5 atom stereocenters. The molecule has 0 aliphatic rings. The van der Waals surface area contributed by atoms with Crippen LogP contribution in [0.5, 0.6) is 0 Å². The maximum absolute atomic E-state index is 12.9. The van der Waals surface area contributed by atoms with Crippen molar-refractivity contribution in [1.29, 1.82) is 0 Å². The molecule has 0 aliphatic carbocycles. The molecule has 0 fully saturated rings. The third-order valence-corrected chi connectivity index (χ3v) is 16.9. The Kier molecular flexibility index (Phi) is 67.9. The summed E-state index contributed by atoms with van der Waals surface area (Å²) in [5.41, 5.74) is 0. The van der Waals surface area contributed by atoms with Gasteiger partial charge >= 0.3 is 33.6 Å². The van der Waals surface area contributed by atoms with Crippen molar-refractivity contribution in [1.82, 2.24) is 0 Å². The van der Waals surface area contributed by atoms with Gasteiger partial charge < -0.3 is 34.2 Å². The number of carbonyl (C=O) groups excluding carboxylic acids is 3. The summed E-state index contributed by atoms with van der Waals surface area (Å²) < 4.78 is 61.0. The van der Waals surface area contributed by atoms with Crippen LogP contribution < -0.4 is 0 Å². The molecule has 0 aromatic carbocycles. The van der Waals surface area contributed by atoms with E-state index in [2.05, 4.69) is 167 Å². The molecule has 0 aromatic rings. The number of unbranched alkanes of at least 4 members (excludes halogenated alkanes) is 22. The summed E-state index contributed by atoms with van der Waals surface area (Å²) in [5, 5.41) is 20.6. The lowest BCUT2D eigenvalue weighted by molar-refractivity contribution is -0.161. The highest BCUT2D eigenvalue weighted by molar-refractivity contribution is 7.47. The Hall–Kier alpha value is -4.57. The number of aliphatic hydroxyl groups is 2. The van der Waals surface area contributed by atoms with Crippen molar-refractivity contribution in [3.63, 3.8) is 0 Å². The minimum absolute atomic E-state index is 0.0814. The Morgan fingerprint density at radius 1 is 0.299 bits per heavy atom. The highest BCUT2D eigenvalue weighted by Crippen LogP contribution is 2.45. The summed E-state index contributed by atoms with van der Waals surface area (Å²) in [5.74, 6) is -1.62. The van der Waals surface area contributed by atoms with Crippen molar-refractivity contribution in [3.05, 3.63) is 146 Å². The van der Waals surface area contributed by atoms with Gasteiger partial charge in [0.05, 0.1) is 26.4 Å². The van der Waals surface area contributed by atoms with Crippen LogP contribution in [0.4, 0.5) is 0 Å². The lowest BCUT2D eigenvalue weighted by Crippen LogP contribution is -2.30. The second-order valence-corrected chi connectivity index (χ2v) is 27.2. The van der Waals surface area contributed by atoms with Crippen molar-refractivity contribution in [2.75, 3.05) is 39.6 Å². The number of rotatable bonds is 69. The molecule has 0 aromatic heterocycles. The van der Waals surface area contributed by atoms with Crippen molar-refractivity contribution in [3.8, 4) is 0 Å². The van der Waals surface area contributed by atoms with E-state index in [1.165, 1.54) is 32.1 Å². The number of aliphatic hydroxyl groups excluding tert-OH is 2. The predicted octanol–water partition coefficient (Wildman–Crippen LogP) is 21.3. The van der Waals surface area contributed by atoms with Gasteiger partial charge in [-0.25, -0.2) is 9.13 Å². The van der Waals surface area contributed by atoms with Gasteiger partial charge in [0.2, 0.25) is 0 Å². The zero-order valence-corrected chi connectivity index (χ0v) is 62.0. The number of hydrogen-bond acceptors (Lipinski definition) is 14. The third kappa shape index (κ3) is 72.5. The third-order valence-electron chi connectivity index (χ3n) is 15.0. The molecule has 0 radical (unpaired) electrons. The van der Waals surface area contributed by atoms with Gasteiger partial charge in [-0.05, 0) is 135 Å². The first kappa shape index (κ1) is 92.4. The van der Waals surface area contributed by atoms with E-state index in [4.69, 9.17) is 32.3 Å². The lowest BCUT2D eigenvalue weighted by Gasteiger charge is -2.21. The quantitative estimate of drug-likeness (QED) is 0.0146. The van der Waals surface area contributed by atoms with Crippen molar-refractivity contribution in [2.45, 2.75) is 296 Å². The Labute approximate surface area is 587 Å². The van der Waals surface area contributed by atoms with Crippen LogP contribution in [-0.2, 0) is 55.8 Å². The maximum atomic E-state index is 12.9. The number of hydrogen-bond donors (Lipinski definition) is 4. The molecule has 0 amide bonds. The summed E-state index contributed by atoms with van der Waals surface area (Å²) >= 11 is 0. The number of esters is 3. The zero-order valence-electron chi connectivity index (χ0n) is 60.2. The Morgan fingerprint density at radius 2 is 0.546 bits per heavy atom. The second-order valence-electron chi connectivity index (χ2n) is 24.3.